The number of nitrogens with one attached hydrogen (secondary N) is 2. The van der Waals surface area contributed by atoms with E-state index < -0.39 is 5.91 Å². The van der Waals surface area contributed by atoms with Crippen molar-refractivity contribution in [2.45, 2.75) is 19.8 Å². The largest absolute Gasteiger partial charge is 0.494 e. The van der Waals surface area contributed by atoms with Crippen molar-refractivity contribution in [1.29, 1.82) is 0 Å². The van der Waals surface area contributed by atoms with Crippen LogP contribution in [0, 0.1) is 0 Å². The Morgan fingerprint density at radius 2 is 1.46 bits per heavy atom. The second-order valence-corrected chi connectivity index (χ2v) is 5.94. The van der Waals surface area contributed by atoms with Gasteiger partial charge >= 0.3 is 0 Å². The van der Waals surface area contributed by atoms with Gasteiger partial charge in [-0.3, -0.25) is 20.4 Å². The first-order valence-corrected chi connectivity index (χ1v) is 8.62. The summed E-state index contributed by atoms with van der Waals surface area (Å²) in [5.41, 5.74) is 5.45. The highest BCUT2D eigenvalue weighted by atomic mass is 35.5. The number of amides is 2. The van der Waals surface area contributed by atoms with Gasteiger partial charge < -0.3 is 9.47 Å². The second kappa shape index (κ2) is 10.3. The Morgan fingerprint density at radius 1 is 0.885 bits per heavy atom. The summed E-state index contributed by atoms with van der Waals surface area (Å²) in [5.74, 6) is 0.494. The average molecular weight is 377 g/mol. The van der Waals surface area contributed by atoms with Gasteiger partial charge in [-0.1, -0.05) is 30.7 Å². The molecular weight excluding hydrogens is 356 g/mol. The molecule has 2 N–H and O–H groups in total. The quantitative estimate of drug-likeness (QED) is 0.694. The summed E-state index contributed by atoms with van der Waals surface area (Å²) in [6.45, 7) is 2.47. The summed E-state index contributed by atoms with van der Waals surface area (Å²) in [5, 5.41) is 0.601. The third kappa shape index (κ3) is 7.03. The number of hydrogen-bond donors (Lipinski definition) is 2. The highest BCUT2D eigenvalue weighted by molar-refractivity contribution is 6.30. The maximum absolute atomic E-state index is 11.8. The molecule has 2 amide bonds. The van der Waals surface area contributed by atoms with E-state index in [0.717, 1.165) is 17.7 Å². The summed E-state index contributed by atoms with van der Waals surface area (Å²) in [7, 11) is 0. The summed E-state index contributed by atoms with van der Waals surface area (Å²) in [6.07, 6.45) is 1.07. The van der Waals surface area contributed by atoms with Crippen LogP contribution in [0.25, 0.3) is 0 Å². The molecule has 0 spiro atoms. The molecule has 0 unspecified atom stereocenters. The van der Waals surface area contributed by atoms with Crippen molar-refractivity contribution in [2.24, 2.45) is 0 Å². The van der Waals surface area contributed by atoms with Crippen molar-refractivity contribution in [3.05, 3.63) is 59.1 Å². The molecule has 0 aromatic heterocycles. The van der Waals surface area contributed by atoms with Gasteiger partial charge in [-0.2, -0.15) is 0 Å². The second-order valence-electron chi connectivity index (χ2n) is 5.51. The maximum Gasteiger partial charge on any atom is 0.276 e. The average Bonchev–Trinajstić information content (AvgIpc) is 2.65. The van der Waals surface area contributed by atoms with Crippen LogP contribution < -0.4 is 20.3 Å². The normalized spacial score (nSPS) is 10.1. The summed E-state index contributed by atoms with van der Waals surface area (Å²) < 4.78 is 10.8. The van der Waals surface area contributed by atoms with Gasteiger partial charge in [0, 0.05) is 5.02 Å². The van der Waals surface area contributed by atoms with Crippen LogP contribution in [-0.2, 0) is 16.0 Å². The van der Waals surface area contributed by atoms with Crippen LogP contribution >= 0.6 is 11.6 Å². The summed E-state index contributed by atoms with van der Waals surface area (Å²) in [6, 6.07) is 13.9. The van der Waals surface area contributed by atoms with Gasteiger partial charge in [0.1, 0.15) is 11.5 Å². The molecule has 26 heavy (non-hydrogen) atoms. The van der Waals surface area contributed by atoms with Crippen LogP contribution in [0.5, 0.6) is 11.5 Å². The molecule has 2 aromatic rings. The highest BCUT2D eigenvalue weighted by Gasteiger charge is 2.07. The molecule has 0 aliphatic heterocycles. The third-order valence-electron chi connectivity index (χ3n) is 3.29. The first-order valence-electron chi connectivity index (χ1n) is 8.24. The zero-order chi connectivity index (χ0) is 18.8. The van der Waals surface area contributed by atoms with Crippen LogP contribution in [-0.4, -0.2) is 25.0 Å². The van der Waals surface area contributed by atoms with Gasteiger partial charge in [0.15, 0.2) is 6.61 Å². The molecular formula is C19H21ClN2O4. The minimum absolute atomic E-state index is 0.136. The molecule has 2 aromatic carbocycles. The van der Waals surface area contributed by atoms with Crippen LogP contribution in [0.3, 0.4) is 0 Å². The van der Waals surface area contributed by atoms with Crippen molar-refractivity contribution in [3.8, 4) is 11.5 Å². The number of carbonyl (C=O) groups excluding carboxylic acids is 2. The fraction of sp³-hybridized carbons (Fsp3) is 0.263. The van der Waals surface area contributed by atoms with Crippen LogP contribution in [0.1, 0.15) is 18.9 Å². The number of carbonyl (C=O) groups is 2. The van der Waals surface area contributed by atoms with Crippen molar-refractivity contribution in [1.82, 2.24) is 10.9 Å². The topological polar surface area (TPSA) is 76.7 Å². The van der Waals surface area contributed by atoms with E-state index in [4.69, 9.17) is 21.1 Å². The third-order valence-corrected chi connectivity index (χ3v) is 3.54. The van der Waals surface area contributed by atoms with E-state index in [1.54, 1.807) is 48.5 Å². The predicted octanol–water partition coefficient (Wildman–Crippen LogP) is 2.90. The molecule has 0 radical (unpaired) electrons. The molecule has 0 aliphatic rings. The fourth-order valence-corrected chi connectivity index (χ4v) is 2.13. The minimum Gasteiger partial charge on any atom is -0.494 e. The lowest BCUT2D eigenvalue weighted by atomic mass is 10.1. The number of benzene rings is 2. The van der Waals surface area contributed by atoms with Gasteiger partial charge in [-0.05, 0) is 48.4 Å². The number of halogens is 1. The molecule has 6 nitrogen and oxygen atoms in total. The predicted molar refractivity (Wildman–Crippen MR) is 99.2 cm³/mol. The first kappa shape index (κ1) is 19.6. The Balaban J connectivity index is 1.68. The van der Waals surface area contributed by atoms with Crippen molar-refractivity contribution in [2.75, 3.05) is 13.2 Å². The lowest BCUT2D eigenvalue weighted by Crippen LogP contribution is -2.44. The van der Waals surface area contributed by atoms with E-state index in [9.17, 15) is 9.59 Å². The van der Waals surface area contributed by atoms with E-state index in [1.807, 2.05) is 6.92 Å². The van der Waals surface area contributed by atoms with Crippen molar-refractivity contribution in [3.63, 3.8) is 0 Å². The monoisotopic (exact) mass is 376 g/mol. The Bertz CT molecular complexity index is 717. The smallest absolute Gasteiger partial charge is 0.276 e. The van der Waals surface area contributed by atoms with Crippen LogP contribution in [0.15, 0.2) is 48.5 Å². The van der Waals surface area contributed by atoms with Gasteiger partial charge in [0.25, 0.3) is 5.91 Å². The van der Waals surface area contributed by atoms with Gasteiger partial charge in [0.05, 0.1) is 13.0 Å². The summed E-state index contributed by atoms with van der Waals surface area (Å²) >= 11 is 5.79. The number of rotatable bonds is 8. The van der Waals surface area contributed by atoms with E-state index in [1.165, 1.54) is 0 Å². The maximum atomic E-state index is 11.8. The van der Waals surface area contributed by atoms with Gasteiger partial charge in [0.2, 0.25) is 5.91 Å². The van der Waals surface area contributed by atoms with E-state index in [0.29, 0.717) is 17.4 Å². The lowest BCUT2D eigenvalue weighted by molar-refractivity contribution is -0.129. The van der Waals surface area contributed by atoms with Crippen molar-refractivity contribution < 1.29 is 19.1 Å². The number of hydrazine groups is 1. The van der Waals surface area contributed by atoms with E-state index in [-0.39, 0.29) is 18.9 Å². The molecule has 138 valence electrons. The lowest BCUT2D eigenvalue weighted by Gasteiger charge is -2.10. The molecule has 0 saturated carbocycles. The molecule has 0 aliphatic carbocycles. The molecule has 0 saturated heterocycles. The molecule has 2 rings (SSSR count). The number of ether oxygens (including phenoxy) is 2. The standard InChI is InChI=1S/C19H21ClN2O4/c1-2-11-25-16-7-9-17(10-8-16)26-13-19(24)22-21-18(23)12-14-3-5-15(20)6-4-14/h3-10H,2,11-13H2,1H3,(H,21,23)(H,22,24). The fourth-order valence-electron chi connectivity index (χ4n) is 2.01. The van der Waals surface area contributed by atoms with E-state index >= 15 is 0 Å². The van der Waals surface area contributed by atoms with Crippen LogP contribution in [0.4, 0.5) is 0 Å². The molecule has 0 atom stereocenters. The first-order chi connectivity index (χ1) is 12.6. The Hall–Kier alpha value is -2.73. The molecule has 0 fully saturated rings. The van der Waals surface area contributed by atoms with Gasteiger partial charge in [-0.25, -0.2) is 0 Å². The highest BCUT2D eigenvalue weighted by Crippen LogP contribution is 2.17. The van der Waals surface area contributed by atoms with Crippen LogP contribution in [0.2, 0.25) is 5.02 Å². The number of hydrogen-bond acceptors (Lipinski definition) is 4. The van der Waals surface area contributed by atoms with Gasteiger partial charge in [-0.15, -0.1) is 0 Å². The van der Waals surface area contributed by atoms with Crippen molar-refractivity contribution >= 4 is 23.4 Å². The zero-order valence-corrected chi connectivity index (χ0v) is 15.2. The minimum atomic E-state index is -0.458. The Morgan fingerprint density at radius 3 is 2.08 bits per heavy atom. The Labute approximate surface area is 157 Å². The molecule has 0 heterocycles. The summed E-state index contributed by atoms with van der Waals surface area (Å²) in [4.78, 5) is 23.5. The van der Waals surface area contributed by atoms with E-state index in [2.05, 4.69) is 10.9 Å². The SMILES string of the molecule is CCCOc1ccc(OCC(=O)NNC(=O)Cc2ccc(Cl)cc2)cc1. The zero-order valence-electron chi connectivity index (χ0n) is 14.5. The molecule has 0 bridgehead atoms. The Kier molecular flexibility index (Phi) is 7.76. The molecule has 7 heteroatoms.